The van der Waals surface area contributed by atoms with E-state index >= 15 is 0 Å². The number of rotatable bonds is 2. The Balaban J connectivity index is 1.95. The maximum Gasteiger partial charge on any atom is 0.146 e. The van der Waals surface area contributed by atoms with Crippen LogP contribution in [0, 0.1) is 18.7 Å². The lowest BCUT2D eigenvalue weighted by Gasteiger charge is -2.33. The Bertz CT molecular complexity index is 626. The van der Waals surface area contributed by atoms with E-state index < -0.39 is 0 Å². The second-order valence-corrected chi connectivity index (χ2v) is 5.43. The fourth-order valence-electron chi connectivity index (χ4n) is 2.63. The molecule has 0 saturated carbocycles. The van der Waals surface area contributed by atoms with Crippen molar-refractivity contribution in [2.45, 2.75) is 19.9 Å². The van der Waals surface area contributed by atoms with Crippen molar-refractivity contribution in [3.05, 3.63) is 59.4 Å². The topological polar surface area (TPSA) is 21.3 Å². The molecule has 1 heterocycles. The van der Waals surface area contributed by atoms with Gasteiger partial charge in [-0.2, -0.15) is 0 Å². The van der Waals surface area contributed by atoms with E-state index in [2.05, 4.69) is 12.2 Å². The molecule has 0 radical (unpaired) electrons. The van der Waals surface area contributed by atoms with Gasteiger partial charge in [-0.1, -0.05) is 31.2 Å². The average Bonchev–Trinajstić information content (AvgIpc) is 2.46. The molecule has 0 spiro atoms. The van der Waals surface area contributed by atoms with E-state index in [-0.39, 0.29) is 17.8 Å². The first-order valence-electron chi connectivity index (χ1n) is 6.89. The number of fused-ring (bicyclic) bond motifs is 1. The van der Waals surface area contributed by atoms with E-state index in [1.165, 1.54) is 6.07 Å². The zero-order valence-electron chi connectivity index (χ0n) is 11.7. The van der Waals surface area contributed by atoms with Gasteiger partial charge in [-0.05, 0) is 30.7 Å². The third-order valence-electron chi connectivity index (χ3n) is 3.76. The van der Waals surface area contributed by atoms with Gasteiger partial charge >= 0.3 is 0 Å². The number of benzene rings is 2. The van der Waals surface area contributed by atoms with Gasteiger partial charge in [0.05, 0.1) is 18.3 Å². The Hall–Kier alpha value is -2.03. The number of aryl methyl sites for hydroxylation is 1. The predicted octanol–water partition coefficient (Wildman–Crippen LogP) is 4.32. The van der Waals surface area contributed by atoms with Gasteiger partial charge in [0.15, 0.2) is 0 Å². The highest BCUT2D eigenvalue weighted by molar-refractivity contribution is 5.51. The Morgan fingerprint density at radius 1 is 1.20 bits per heavy atom. The average molecular weight is 271 g/mol. The van der Waals surface area contributed by atoms with E-state index in [4.69, 9.17) is 4.74 Å². The molecule has 2 aromatic carbocycles. The zero-order valence-corrected chi connectivity index (χ0v) is 11.7. The number of hydrogen-bond acceptors (Lipinski definition) is 2. The second kappa shape index (κ2) is 5.16. The van der Waals surface area contributed by atoms with Crippen molar-refractivity contribution in [2.24, 2.45) is 5.92 Å². The van der Waals surface area contributed by atoms with Gasteiger partial charge < -0.3 is 10.1 Å². The largest absolute Gasteiger partial charge is 0.493 e. The Labute approximate surface area is 118 Å². The molecule has 0 amide bonds. The van der Waals surface area contributed by atoms with Crippen molar-refractivity contribution in [3.63, 3.8) is 0 Å². The second-order valence-electron chi connectivity index (χ2n) is 5.43. The normalized spacial score (nSPS) is 20.9. The fourth-order valence-corrected chi connectivity index (χ4v) is 2.63. The smallest absolute Gasteiger partial charge is 0.146 e. The molecule has 20 heavy (non-hydrogen) atoms. The minimum absolute atomic E-state index is 0.0660. The highest BCUT2D eigenvalue weighted by Crippen LogP contribution is 2.37. The monoisotopic (exact) mass is 271 g/mol. The van der Waals surface area contributed by atoms with E-state index in [1.807, 2.05) is 37.3 Å². The quantitative estimate of drug-likeness (QED) is 0.878. The van der Waals surface area contributed by atoms with Crippen molar-refractivity contribution in [2.75, 3.05) is 11.9 Å². The summed E-state index contributed by atoms with van der Waals surface area (Å²) >= 11 is 0. The number of ether oxygens (including phenoxy) is 1. The summed E-state index contributed by atoms with van der Waals surface area (Å²) in [6, 6.07) is 13.1. The molecule has 1 aliphatic rings. The maximum atomic E-state index is 13.9. The Morgan fingerprint density at radius 2 is 2.00 bits per heavy atom. The van der Waals surface area contributed by atoms with Crippen LogP contribution in [0.25, 0.3) is 0 Å². The highest BCUT2D eigenvalue weighted by atomic mass is 19.1. The Morgan fingerprint density at radius 3 is 2.85 bits per heavy atom. The van der Waals surface area contributed by atoms with Crippen molar-refractivity contribution in [3.8, 4) is 5.75 Å². The molecule has 0 bridgehead atoms. The highest BCUT2D eigenvalue weighted by Gasteiger charge is 2.28. The molecular weight excluding hydrogens is 253 g/mol. The minimum Gasteiger partial charge on any atom is -0.493 e. The van der Waals surface area contributed by atoms with Crippen LogP contribution in [-0.4, -0.2) is 6.61 Å². The SMILES string of the molecule is Cc1ccc(F)c(NC2c3ccccc3OCC2C)c1. The summed E-state index contributed by atoms with van der Waals surface area (Å²) in [5.74, 6) is 0.952. The predicted molar refractivity (Wildman–Crippen MR) is 78.6 cm³/mol. The molecule has 0 aliphatic carbocycles. The molecule has 2 atom stereocenters. The van der Waals surface area contributed by atoms with Crippen molar-refractivity contribution in [1.82, 2.24) is 0 Å². The van der Waals surface area contributed by atoms with Crippen LogP contribution in [0.2, 0.25) is 0 Å². The van der Waals surface area contributed by atoms with Crippen LogP contribution in [0.15, 0.2) is 42.5 Å². The fraction of sp³-hybridized carbons (Fsp3) is 0.294. The minimum atomic E-state index is -0.216. The van der Waals surface area contributed by atoms with Crippen LogP contribution in [0.4, 0.5) is 10.1 Å². The van der Waals surface area contributed by atoms with Gasteiger partial charge in [0.25, 0.3) is 0 Å². The first-order chi connectivity index (χ1) is 9.65. The molecule has 3 heteroatoms. The molecule has 1 aliphatic heterocycles. The van der Waals surface area contributed by atoms with Gasteiger partial charge in [0.1, 0.15) is 11.6 Å². The first-order valence-corrected chi connectivity index (χ1v) is 6.89. The van der Waals surface area contributed by atoms with Gasteiger partial charge in [0, 0.05) is 11.5 Å². The zero-order chi connectivity index (χ0) is 14.1. The van der Waals surface area contributed by atoms with Gasteiger partial charge in [0.2, 0.25) is 0 Å². The lowest BCUT2D eigenvalue weighted by Crippen LogP contribution is -2.29. The summed E-state index contributed by atoms with van der Waals surface area (Å²) in [6.45, 7) is 4.72. The summed E-state index contributed by atoms with van der Waals surface area (Å²) in [5, 5.41) is 3.34. The number of anilines is 1. The number of halogens is 1. The van der Waals surface area contributed by atoms with E-state index in [1.54, 1.807) is 6.07 Å². The summed E-state index contributed by atoms with van der Waals surface area (Å²) in [4.78, 5) is 0. The van der Waals surface area contributed by atoms with Crippen LogP contribution >= 0.6 is 0 Å². The Kier molecular flexibility index (Phi) is 3.35. The lowest BCUT2D eigenvalue weighted by atomic mass is 9.91. The van der Waals surface area contributed by atoms with Crippen LogP contribution in [0.3, 0.4) is 0 Å². The molecule has 2 nitrogen and oxygen atoms in total. The van der Waals surface area contributed by atoms with E-state index in [0.717, 1.165) is 16.9 Å². The molecule has 1 N–H and O–H groups in total. The van der Waals surface area contributed by atoms with Crippen molar-refractivity contribution < 1.29 is 9.13 Å². The maximum absolute atomic E-state index is 13.9. The molecule has 0 aromatic heterocycles. The number of para-hydroxylation sites is 1. The summed E-state index contributed by atoms with van der Waals surface area (Å²) in [6.07, 6.45) is 0. The number of hydrogen-bond donors (Lipinski definition) is 1. The molecule has 3 rings (SSSR count). The standard InChI is InChI=1S/C17H18FNO/c1-11-7-8-14(18)15(9-11)19-17-12(2)10-20-16-6-4-3-5-13(16)17/h3-9,12,17,19H,10H2,1-2H3. The van der Waals surface area contributed by atoms with Crippen molar-refractivity contribution in [1.29, 1.82) is 0 Å². The third kappa shape index (κ3) is 2.36. The summed E-state index contributed by atoms with van der Waals surface area (Å²) < 4.78 is 19.7. The molecule has 2 aromatic rings. The molecule has 104 valence electrons. The van der Waals surface area contributed by atoms with Gasteiger partial charge in [-0.3, -0.25) is 0 Å². The molecular formula is C17H18FNO. The van der Waals surface area contributed by atoms with Crippen LogP contribution in [0.5, 0.6) is 5.75 Å². The van der Waals surface area contributed by atoms with Crippen LogP contribution in [0.1, 0.15) is 24.1 Å². The lowest BCUT2D eigenvalue weighted by molar-refractivity contribution is 0.214. The molecule has 0 fully saturated rings. The van der Waals surface area contributed by atoms with Gasteiger partial charge in [-0.25, -0.2) is 4.39 Å². The van der Waals surface area contributed by atoms with Crippen molar-refractivity contribution >= 4 is 5.69 Å². The summed E-state index contributed by atoms with van der Waals surface area (Å²) in [5.41, 5.74) is 2.69. The van der Waals surface area contributed by atoms with Crippen LogP contribution < -0.4 is 10.1 Å². The summed E-state index contributed by atoms with van der Waals surface area (Å²) in [7, 11) is 0. The molecule has 2 unspecified atom stereocenters. The first kappa shape index (κ1) is 13.0. The molecule has 0 saturated heterocycles. The number of nitrogens with one attached hydrogen (secondary N) is 1. The van der Waals surface area contributed by atoms with E-state index in [0.29, 0.717) is 12.3 Å². The third-order valence-corrected chi connectivity index (χ3v) is 3.76. The van der Waals surface area contributed by atoms with E-state index in [9.17, 15) is 4.39 Å². The van der Waals surface area contributed by atoms with Gasteiger partial charge in [-0.15, -0.1) is 0 Å². The van der Waals surface area contributed by atoms with Crippen LogP contribution in [-0.2, 0) is 0 Å².